The predicted molar refractivity (Wildman–Crippen MR) is 93.0 cm³/mol. The molecule has 0 fully saturated rings. The zero-order valence-corrected chi connectivity index (χ0v) is 14.8. The van der Waals surface area contributed by atoms with E-state index in [1.807, 2.05) is 0 Å². The van der Waals surface area contributed by atoms with Gasteiger partial charge in [0.25, 0.3) is 5.91 Å². The number of nitrogens with two attached hydrogens (primary N) is 1. The third-order valence-corrected chi connectivity index (χ3v) is 4.77. The highest BCUT2D eigenvalue weighted by Gasteiger charge is 2.17. The highest BCUT2D eigenvalue weighted by Crippen LogP contribution is 2.32. The van der Waals surface area contributed by atoms with Crippen molar-refractivity contribution < 1.29 is 17.9 Å². The van der Waals surface area contributed by atoms with Crippen LogP contribution in [0.2, 0.25) is 10.0 Å². The molecule has 0 saturated heterocycles. The molecule has 128 valence electrons. The smallest absolute Gasteiger partial charge is 0.265 e. The van der Waals surface area contributed by atoms with Crippen molar-refractivity contribution in [1.29, 1.82) is 0 Å². The molecule has 2 aromatic carbocycles. The number of rotatable bonds is 5. The minimum absolute atomic E-state index is 0.0458. The summed E-state index contributed by atoms with van der Waals surface area (Å²) in [5, 5.41) is 8.15. The van der Waals surface area contributed by atoms with E-state index < -0.39 is 22.0 Å². The van der Waals surface area contributed by atoms with Crippen LogP contribution in [0, 0.1) is 0 Å². The van der Waals surface area contributed by atoms with E-state index in [9.17, 15) is 13.2 Å². The Balaban J connectivity index is 2.05. The van der Waals surface area contributed by atoms with E-state index in [0.717, 1.165) is 0 Å². The van der Waals surface area contributed by atoms with Gasteiger partial charge in [0.15, 0.2) is 6.10 Å². The molecule has 0 spiro atoms. The number of benzene rings is 2. The largest absolute Gasteiger partial charge is 0.479 e. The predicted octanol–water partition coefficient (Wildman–Crippen LogP) is 3.05. The molecule has 0 bridgehead atoms. The van der Waals surface area contributed by atoms with Gasteiger partial charge in [-0.2, -0.15) is 0 Å². The van der Waals surface area contributed by atoms with Gasteiger partial charge in [-0.25, -0.2) is 13.6 Å². The van der Waals surface area contributed by atoms with Gasteiger partial charge >= 0.3 is 0 Å². The van der Waals surface area contributed by atoms with Crippen LogP contribution in [0.3, 0.4) is 0 Å². The maximum Gasteiger partial charge on any atom is 0.265 e. The molecular formula is C15H14Cl2N2O4S. The number of ether oxygens (including phenoxy) is 1. The van der Waals surface area contributed by atoms with Crippen LogP contribution < -0.4 is 15.2 Å². The van der Waals surface area contributed by atoms with Crippen molar-refractivity contribution in [2.75, 3.05) is 5.32 Å². The normalized spacial score (nSPS) is 12.5. The molecule has 0 saturated carbocycles. The van der Waals surface area contributed by atoms with E-state index in [4.69, 9.17) is 33.1 Å². The zero-order chi connectivity index (χ0) is 17.9. The summed E-state index contributed by atoms with van der Waals surface area (Å²) in [6, 6.07) is 10.3. The lowest BCUT2D eigenvalue weighted by Gasteiger charge is -2.16. The Labute approximate surface area is 149 Å². The Bertz CT molecular complexity index is 854. The molecule has 1 atom stereocenters. The first-order chi connectivity index (χ1) is 11.2. The van der Waals surface area contributed by atoms with Gasteiger partial charge in [-0.05, 0) is 43.3 Å². The Morgan fingerprint density at radius 1 is 1.17 bits per heavy atom. The minimum Gasteiger partial charge on any atom is -0.479 e. The van der Waals surface area contributed by atoms with Gasteiger partial charge < -0.3 is 10.1 Å². The van der Waals surface area contributed by atoms with E-state index >= 15 is 0 Å². The Hall–Kier alpha value is -1.80. The number of anilines is 1. The van der Waals surface area contributed by atoms with E-state index in [-0.39, 0.29) is 15.7 Å². The molecular weight excluding hydrogens is 375 g/mol. The highest BCUT2D eigenvalue weighted by molar-refractivity contribution is 7.89. The standard InChI is InChI=1S/C15H14Cl2N2O4S/c1-9(23-13-4-2-3-12(16)14(13)17)15(20)19-10-5-7-11(8-6-10)24(18,21)22/h2-9H,1H3,(H,19,20)(H2,18,21,22). The Morgan fingerprint density at radius 2 is 1.79 bits per heavy atom. The average Bonchev–Trinajstić information content (AvgIpc) is 2.51. The number of nitrogens with one attached hydrogen (secondary N) is 1. The second kappa shape index (κ2) is 7.40. The van der Waals surface area contributed by atoms with E-state index in [1.165, 1.54) is 24.3 Å². The molecule has 0 radical (unpaired) electrons. The summed E-state index contributed by atoms with van der Waals surface area (Å²) < 4.78 is 27.9. The second-order valence-corrected chi connectivity index (χ2v) is 7.22. The number of carbonyl (C=O) groups is 1. The molecule has 0 heterocycles. The van der Waals surface area contributed by atoms with Crippen molar-refractivity contribution in [3.8, 4) is 5.75 Å². The van der Waals surface area contributed by atoms with Gasteiger partial charge in [-0.1, -0.05) is 29.3 Å². The van der Waals surface area contributed by atoms with E-state index in [1.54, 1.807) is 25.1 Å². The van der Waals surface area contributed by atoms with Gasteiger partial charge in [0.1, 0.15) is 10.8 Å². The first-order valence-corrected chi connectivity index (χ1v) is 9.03. The van der Waals surface area contributed by atoms with Gasteiger partial charge in [0.2, 0.25) is 10.0 Å². The highest BCUT2D eigenvalue weighted by atomic mass is 35.5. The van der Waals surface area contributed by atoms with Crippen LogP contribution in [-0.4, -0.2) is 20.4 Å². The van der Waals surface area contributed by atoms with Crippen LogP contribution in [0.25, 0.3) is 0 Å². The number of hydrogen-bond acceptors (Lipinski definition) is 4. The summed E-state index contributed by atoms with van der Waals surface area (Å²) >= 11 is 11.9. The lowest BCUT2D eigenvalue weighted by Crippen LogP contribution is -2.30. The molecule has 1 unspecified atom stereocenters. The second-order valence-electron chi connectivity index (χ2n) is 4.87. The van der Waals surface area contributed by atoms with Crippen molar-refractivity contribution in [3.05, 3.63) is 52.5 Å². The maximum absolute atomic E-state index is 12.1. The molecule has 0 aliphatic carbocycles. The molecule has 9 heteroatoms. The van der Waals surface area contributed by atoms with Crippen molar-refractivity contribution in [3.63, 3.8) is 0 Å². The topological polar surface area (TPSA) is 98.5 Å². The Morgan fingerprint density at radius 3 is 2.38 bits per heavy atom. The summed E-state index contributed by atoms with van der Waals surface area (Å²) in [4.78, 5) is 12.1. The summed E-state index contributed by atoms with van der Waals surface area (Å²) in [5.41, 5.74) is 0.403. The number of carbonyl (C=O) groups excluding carboxylic acids is 1. The molecule has 0 aliphatic rings. The molecule has 2 aromatic rings. The van der Waals surface area contributed by atoms with E-state index in [2.05, 4.69) is 5.32 Å². The van der Waals surface area contributed by atoms with Crippen LogP contribution in [0.1, 0.15) is 6.92 Å². The molecule has 24 heavy (non-hydrogen) atoms. The monoisotopic (exact) mass is 388 g/mol. The van der Waals surface area contributed by atoms with Crippen molar-refractivity contribution in [1.82, 2.24) is 0 Å². The molecule has 1 amide bonds. The number of primary sulfonamides is 1. The summed E-state index contributed by atoms with van der Waals surface area (Å²) in [6.45, 7) is 1.55. The van der Waals surface area contributed by atoms with Crippen molar-refractivity contribution in [2.24, 2.45) is 5.14 Å². The van der Waals surface area contributed by atoms with Crippen LogP contribution >= 0.6 is 23.2 Å². The zero-order valence-electron chi connectivity index (χ0n) is 12.5. The molecule has 3 N–H and O–H groups in total. The molecule has 6 nitrogen and oxygen atoms in total. The third kappa shape index (κ3) is 4.61. The van der Waals surface area contributed by atoms with E-state index in [0.29, 0.717) is 10.7 Å². The number of amides is 1. The summed E-state index contributed by atoms with van der Waals surface area (Å²) in [7, 11) is -3.78. The van der Waals surface area contributed by atoms with Gasteiger partial charge in [0, 0.05) is 5.69 Å². The van der Waals surface area contributed by atoms with Crippen LogP contribution in [0.4, 0.5) is 5.69 Å². The minimum atomic E-state index is -3.78. The molecule has 0 aromatic heterocycles. The van der Waals surface area contributed by atoms with Crippen molar-refractivity contribution >= 4 is 44.8 Å². The molecule has 0 aliphatic heterocycles. The lowest BCUT2D eigenvalue weighted by atomic mass is 10.3. The van der Waals surface area contributed by atoms with Crippen molar-refractivity contribution in [2.45, 2.75) is 17.9 Å². The van der Waals surface area contributed by atoms with Crippen LogP contribution in [-0.2, 0) is 14.8 Å². The fourth-order valence-electron chi connectivity index (χ4n) is 1.79. The number of sulfonamides is 1. The van der Waals surface area contributed by atoms with Crippen LogP contribution in [0.15, 0.2) is 47.4 Å². The first kappa shape index (κ1) is 18.5. The summed E-state index contributed by atoms with van der Waals surface area (Å²) in [5.74, 6) is -0.147. The maximum atomic E-state index is 12.1. The molecule has 2 rings (SSSR count). The van der Waals surface area contributed by atoms with Crippen LogP contribution in [0.5, 0.6) is 5.75 Å². The number of hydrogen-bond donors (Lipinski definition) is 2. The number of halogens is 2. The Kier molecular flexibility index (Phi) is 5.71. The van der Waals surface area contributed by atoms with Gasteiger partial charge in [-0.15, -0.1) is 0 Å². The van der Waals surface area contributed by atoms with Gasteiger partial charge in [0.05, 0.1) is 9.92 Å². The van der Waals surface area contributed by atoms with Gasteiger partial charge in [-0.3, -0.25) is 4.79 Å². The third-order valence-electron chi connectivity index (χ3n) is 3.04. The average molecular weight is 389 g/mol. The first-order valence-electron chi connectivity index (χ1n) is 6.73. The fraction of sp³-hybridized carbons (Fsp3) is 0.133. The summed E-state index contributed by atoms with van der Waals surface area (Å²) in [6.07, 6.45) is -0.848. The fourth-order valence-corrected chi connectivity index (χ4v) is 2.64. The quantitative estimate of drug-likeness (QED) is 0.821. The lowest BCUT2D eigenvalue weighted by molar-refractivity contribution is -0.122. The SMILES string of the molecule is CC(Oc1cccc(Cl)c1Cl)C(=O)Nc1ccc(S(N)(=O)=O)cc1.